The molecule has 1 rings (SSSR count). The summed E-state index contributed by atoms with van der Waals surface area (Å²) in [6, 6.07) is 7.21. The number of ketones is 1. The highest BCUT2D eigenvalue weighted by Gasteiger charge is 2.15. The maximum atomic E-state index is 11.7. The van der Waals surface area contributed by atoms with Gasteiger partial charge in [0.25, 0.3) is 5.91 Å². The van der Waals surface area contributed by atoms with Crippen molar-refractivity contribution in [1.29, 1.82) is 0 Å². The van der Waals surface area contributed by atoms with E-state index in [0.29, 0.717) is 18.0 Å². The molecular weight excluding hydrogens is 214 g/mol. The minimum absolute atomic E-state index is 0.424. The first-order chi connectivity index (χ1) is 8.06. The molecular formula is C14H19NO2. The standard InChI is InChI=1S/C14H19NO2/c1-4-9-15-14(17)13(16)12-7-5-11(6-8-12)10(2)3/h5-8,10H,4,9H2,1-3H3,(H,15,17). The molecule has 0 spiro atoms. The van der Waals surface area contributed by atoms with Gasteiger partial charge in [0.15, 0.2) is 0 Å². The molecule has 3 heteroatoms. The molecule has 0 atom stereocenters. The van der Waals surface area contributed by atoms with Crippen molar-refractivity contribution >= 4 is 11.7 Å². The Morgan fingerprint density at radius 2 is 1.76 bits per heavy atom. The van der Waals surface area contributed by atoms with E-state index in [4.69, 9.17) is 0 Å². The Bertz CT molecular complexity index is 393. The number of carbonyl (C=O) groups is 2. The molecule has 1 N–H and O–H groups in total. The van der Waals surface area contributed by atoms with E-state index in [1.165, 1.54) is 0 Å². The summed E-state index contributed by atoms with van der Waals surface area (Å²) in [4.78, 5) is 23.2. The molecule has 0 aliphatic rings. The quantitative estimate of drug-likeness (QED) is 0.627. The highest BCUT2D eigenvalue weighted by atomic mass is 16.2. The van der Waals surface area contributed by atoms with Gasteiger partial charge in [-0.1, -0.05) is 45.0 Å². The zero-order chi connectivity index (χ0) is 12.8. The fraction of sp³-hybridized carbons (Fsp3) is 0.429. The summed E-state index contributed by atoms with van der Waals surface area (Å²) in [5.74, 6) is -0.564. The Kier molecular flexibility index (Phi) is 4.88. The Labute approximate surface area is 102 Å². The normalized spacial score (nSPS) is 10.4. The highest BCUT2D eigenvalue weighted by Crippen LogP contribution is 2.14. The Morgan fingerprint density at radius 1 is 1.18 bits per heavy atom. The molecule has 92 valence electrons. The second kappa shape index (κ2) is 6.18. The number of benzene rings is 1. The SMILES string of the molecule is CCCNC(=O)C(=O)c1ccc(C(C)C)cc1. The minimum Gasteiger partial charge on any atom is -0.349 e. The Balaban J connectivity index is 2.72. The van der Waals surface area contributed by atoms with Crippen molar-refractivity contribution in [3.8, 4) is 0 Å². The molecule has 0 aromatic heterocycles. The third-order valence-corrected chi connectivity index (χ3v) is 2.58. The molecule has 0 unspecified atom stereocenters. The van der Waals surface area contributed by atoms with Crippen LogP contribution in [0.25, 0.3) is 0 Å². The lowest BCUT2D eigenvalue weighted by atomic mass is 10.0. The van der Waals surface area contributed by atoms with Gasteiger partial charge in [-0.2, -0.15) is 0 Å². The smallest absolute Gasteiger partial charge is 0.292 e. The lowest BCUT2D eigenvalue weighted by molar-refractivity contribution is -0.116. The van der Waals surface area contributed by atoms with Gasteiger partial charge in [0.1, 0.15) is 0 Å². The van der Waals surface area contributed by atoms with Gasteiger partial charge in [-0.05, 0) is 17.9 Å². The van der Waals surface area contributed by atoms with Crippen molar-refractivity contribution in [3.05, 3.63) is 35.4 Å². The van der Waals surface area contributed by atoms with Crippen molar-refractivity contribution < 1.29 is 9.59 Å². The van der Waals surface area contributed by atoms with E-state index in [1.54, 1.807) is 12.1 Å². The van der Waals surface area contributed by atoms with E-state index < -0.39 is 11.7 Å². The largest absolute Gasteiger partial charge is 0.349 e. The monoisotopic (exact) mass is 233 g/mol. The molecule has 0 saturated carbocycles. The van der Waals surface area contributed by atoms with E-state index in [0.717, 1.165) is 12.0 Å². The van der Waals surface area contributed by atoms with E-state index >= 15 is 0 Å². The van der Waals surface area contributed by atoms with Crippen LogP contribution >= 0.6 is 0 Å². The third kappa shape index (κ3) is 3.70. The predicted molar refractivity (Wildman–Crippen MR) is 68.2 cm³/mol. The molecule has 0 saturated heterocycles. The molecule has 3 nitrogen and oxygen atoms in total. The summed E-state index contributed by atoms with van der Waals surface area (Å²) in [7, 11) is 0. The van der Waals surface area contributed by atoms with Crippen molar-refractivity contribution in [2.75, 3.05) is 6.54 Å². The van der Waals surface area contributed by atoms with E-state index in [2.05, 4.69) is 19.2 Å². The zero-order valence-corrected chi connectivity index (χ0v) is 10.6. The maximum Gasteiger partial charge on any atom is 0.292 e. The Hall–Kier alpha value is -1.64. The topological polar surface area (TPSA) is 46.2 Å². The van der Waals surface area contributed by atoms with Crippen LogP contribution in [0, 0.1) is 0 Å². The van der Waals surface area contributed by atoms with Crippen LogP contribution in [0.4, 0.5) is 0 Å². The fourth-order valence-electron chi connectivity index (χ4n) is 1.47. The lowest BCUT2D eigenvalue weighted by Crippen LogP contribution is -2.31. The number of carbonyl (C=O) groups excluding carboxylic acids is 2. The van der Waals surface area contributed by atoms with Crippen molar-refractivity contribution in [2.24, 2.45) is 0 Å². The summed E-state index contributed by atoms with van der Waals surface area (Å²) < 4.78 is 0. The van der Waals surface area contributed by atoms with Crippen LogP contribution in [0.15, 0.2) is 24.3 Å². The molecule has 1 aromatic carbocycles. The number of amides is 1. The van der Waals surface area contributed by atoms with Gasteiger partial charge >= 0.3 is 0 Å². The summed E-state index contributed by atoms with van der Waals surface area (Å²) in [5.41, 5.74) is 1.61. The van der Waals surface area contributed by atoms with Crippen molar-refractivity contribution in [2.45, 2.75) is 33.1 Å². The number of hydrogen-bond acceptors (Lipinski definition) is 2. The maximum absolute atomic E-state index is 11.7. The average molecular weight is 233 g/mol. The Morgan fingerprint density at radius 3 is 2.24 bits per heavy atom. The second-order valence-corrected chi connectivity index (χ2v) is 4.36. The first-order valence-electron chi connectivity index (χ1n) is 5.98. The molecule has 17 heavy (non-hydrogen) atoms. The van der Waals surface area contributed by atoms with E-state index in [9.17, 15) is 9.59 Å². The first kappa shape index (κ1) is 13.4. The van der Waals surface area contributed by atoms with Gasteiger partial charge < -0.3 is 5.32 Å². The molecule has 0 heterocycles. The third-order valence-electron chi connectivity index (χ3n) is 2.58. The first-order valence-corrected chi connectivity index (χ1v) is 5.98. The average Bonchev–Trinajstić information content (AvgIpc) is 2.35. The number of hydrogen-bond donors (Lipinski definition) is 1. The van der Waals surface area contributed by atoms with Crippen LogP contribution in [-0.2, 0) is 4.79 Å². The fourth-order valence-corrected chi connectivity index (χ4v) is 1.47. The minimum atomic E-state index is -0.524. The van der Waals surface area contributed by atoms with Gasteiger partial charge in [0.05, 0.1) is 0 Å². The molecule has 0 bridgehead atoms. The molecule has 1 amide bonds. The molecule has 0 fully saturated rings. The number of Topliss-reactive ketones (excluding diaryl/α,β-unsaturated/α-hetero) is 1. The summed E-state index contributed by atoms with van der Waals surface area (Å²) in [6.45, 7) is 6.66. The summed E-state index contributed by atoms with van der Waals surface area (Å²) >= 11 is 0. The second-order valence-electron chi connectivity index (χ2n) is 4.36. The molecule has 1 aromatic rings. The van der Waals surface area contributed by atoms with Crippen LogP contribution in [-0.4, -0.2) is 18.2 Å². The van der Waals surface area contributed by atoms with Crippen LogP contribution in [0.3, 0.4) is 0 Å². The van der Waals surface area contributed by atoms with Gasteiger partial charge in [-0.25, -0.2) is 0 Å². The number of rotatable bonds is 5. The van der Waals surface area contributed by atoms with Crippen LogP contribution in [0.1, 0.15) is 49.0 Å². The summed E-state index contributed by atoms with van der Waals surface area (Å²) in [6.07, 6.45) is 0.825. The predicted octanol–water partition coefficient (Wildman–Crippen LogP) is 2.52. The summed E-state index contributed by atoms with van der Waals surface area (Å²) in [5, 5.41) is 2.58. The molecule has 0 aliphatic carbocycles. The zero-order valence-electron chi connectivity index (χ0n) is 10.6. The van der Waals surface area contributed by atoms with Crippen molar-refractivity contribution in [3.63, 3.8) is 0 Å². The van der Waals surface area contributed by atoms with Crippen LogP contribution in [0.2, 0.25) is 0 Å². The van der Waals surface area contributed by atoms with E-state index in [1.807, 2.05) is 19.1 Å². The van der Waals surface area contributed by atoms with E-state index in [-0.39, 0.29) is 0 Å². The molecule has 0 radical (unpaired) electrons. The van der Waals surface area contributed by atoms with Gasteiger partial charge in [0, 0.05) is 12.1 Å². The van der Waals surface area contributed by atoms with Crippen LogP contribution in [0.5, 0.6) is 0 Å². The van der Waals surface area contributed by atoms with Crippen molar-refractivity contribution in [1.82, 2.24) is 5.32 Å². The van der Waals surface area contributed by atoms with Crippen LogP contribution < -0.4 is 5.32 Å². The van der Waals surface area contributed by atoms with Gasteiger partial charge in [0.2, 0.25) is 5.78 Å². The number of nitrogens with one attached hydrogen (secondary N) is 1. The molecule has 0 aliphatic heterocycles. The highest BCUT2D eigenvalue weighted by molar-refractivity contribution is 6.42. The van der Waals surface area contributed by atoms with Gasteiger partial charge in [-0.15, -0.1) is 0 Å². The van der Waals surface area contributed by atoms with Gasteiger partial charge in [-0.3, -0.25) is 9.59 Å². The lowest BCUT2D eigenvalue weighted by Gasteiger charge is -2.06.